The van der Waals surface area contributed by atoms with Crippen molar-refractivity contribution in [1.29, 1.82) is 0 Å². The fourth-order valence-electron chi connectivity index (χ4n) is 2.35. The molecule has 1 aromatic carbocycles. The average Bonchev–Trinajstić information content (AvgIpc) is 2.49. The predicted molar refractivity (Wildman–Crippen MR) is 85.5 cm³/mol. The molecule has 1 atom stereocenters. The van der Waals surface area contributed by atoms with Gasteiger partial charge in [0.2, 0.25) is 0 Å². The molecule has 1 heterocycles. The van der Waals surface area contributed by atoms with E-state index in [4.69, 9.17) is 0 Å². The second-order valence-corrected chi connectivity index (χ2v) is 5.26. The molecular formula is C17H23N3O. The number of nitrogens with one attached hydrogen (secondary N) is 1. The summed E-state index contributed by atoms with van der Waals surface area (Å²) in [6, 6.07) is 10.3. The Labute approximate surface area is 125 Å². The molecule has 1 N–H and O–H groups in total. The van der Waals surface area contributed by atoms with Crippen LogP contribution in [0.5, 0.6) is 0 Å². The molecule has 0 fully saturated rings. The molecule has 0 amide bonds. The first kappa shape index (κ1) is 15.4. The minimum atomic E-state index is -0.0527. The van der Waals surface area contributed by atoms with Gasteiger partial charge in [-0.1, -0.05) is 38.1 Å². The monoisotopic (exact) mass is 285 g/mol. The molecule has 2 rings (SSSR count). The minimum absolute atomic E-state index is 0.0527. The normalized spacial score (nSPS) is 12.3. The molecule has 0 aliphatic rings. The van der Waals surface area contributed by atoms with Gasteiger partial charge < -0.3 is 5.32 Å². The molecular weight excluding hydrogens is 262 g/mol. The van der Waals surface area contributed by atoms with Gasteiger partial charge in [-0.2, -0.15) is 5.10 Å². The molecule has 112 valence electrons. The summed E-state index contributed by atoms with van der Waals surface area (Å²) < 4.78 is 1.52. The van der Waals surface area contributed by atoms with E-state index in [1.54, 1.807) is 12.3 Å². The predicted octanol–water partition coefficient (Wildman–Crippen LogP) is 2.46. The van der Waals surface area contributed by atoms with E-state index in [0.29, 0.717) is 6.54 Å². The number of hydrogen-bond donors (Lipinski definition) is 1. The lowest BCUT2D eigenvalue weighted by atomic mass is 10.0. The van der Waals surface area contributed by atoms with E-state index in [0.717, 1.165) is 18.5 Å². The standard InChI is InChI=1S/C17H23N3O/c1-4-14-6-8-15(9-7-14)16(18-5-2)12-20-17(21)10-13(3)11-19-20/h6-11,16,18H,4-5,12H2,1-3H3. The summed E-state index contributed by atoms with van der Waals surface area (Å²) in [6.07, 6.45) is 2.76. The number of aryl methyl sites for hydroxylation is 2. The molecule has 0 radical (unpaired) electrons. The Morgan fingerprint density at radius 3 is 2.52 bits per heavy atom. The van der Waals surface area contributed by atoms with E-state index in [9.17, 15) is 4.79 Å². The number of likely N-dealkylation sites (N-methyl/N-ethyl adjacent to an activating group) is 1. The van der Waals surface area contributed by atoms with Crippen LogP contribution in [0.4, 0.5) is 0 Å². The Morgan fingerprint density at radius 1 is 1.24 bits per heavy atom. The zero-order chi connectivity index (χ0) is 15.2. The molecule has 0 aliphatic carbocycles. The topological polar surface area (TPSA) is 46.9 Å². The third kappa shape index (κ3) is 4.02. The van der Waals surface area contributed by atoms with Crippen molar-refractivity contribution in [3.8, 4) is 0 Å². The molecule has 0 saturated carbocycles. The van der Waals surface area contributed by atoms with Gasteiger partial charge in [-0.05, 0) is 36.6 Å². The van der Waals surface area contributed by atoms with Gasteiger partial charge in [-0.15, -0.1) is 0 Å². The van der Waals surface area contributed by atoms with Crippen LogP contribution in [0, 0.1) is 6.92 Å². The highest BCUT2D eigenvalue weighted by molar-refractivity contribution is 5.25. The smallest absolute Gasteiger partial charge is 0.267 e. The van der Waals surface area contributed by atoms with Crippen LogP contribution in [-0.2, 0) is 13.0 Å². The van der Waals surface area contributed by atoms with Crippen LogP contribution in [0.2, 0.25) is 0 Å². The van der Waals surface area contributed by atoms with Crippen LogP contribution in [0.1, 0.15) is 36.6 Å². The van der Waals surface area contributed by atoms with Gasteiger partial charge in [0.25, 0.3) is 5.56 Å². The van der Waals surface area contributed by atoms with Gasteiger partial charge in [-0.25, -0.2) is 4.68 Å². The maximum absolute atomic E-state index is 12.0. The number of benzene rings is 1. The van der Waals surface area contributed by atoms with Crippen LogP contribution >= 0.6 is 0 Å². The van der Waals surface area contributed by atoms with E-state index < -0.39 is 0 Å². The third-order valence-corrected chi connectivity index (χ3v) is 3.60. The van der Waals surface area contributed by atoms with Crippen LogP contribution in [0.3, 0.4) is 0 Å². The van der Waals surface area contributed by atoms with Crippen molar-refractivity contribution in [3.63, 3.8) is 0 Å². The van der Waals surface area contributed by atoms with Gasteiger partial charge >= 0.3 is 0 Å². The van der Waals surface area contributed by atoms with Gasteiger partial charge in [0.1, 0.15) is 0 Å². The summed E-state index contributed by atoms with van der Waals surface area (Å²) in [5.41, 5.74) is 3.34. The SMILES string of the molecule is CCNC(Cn1ncc(C)cc1=O)c1ccc(CC)cc1. The van der Waals surface area contributed by atoms with E-state index in [1.165, 1.54) is 15.8 Å². The molecule has 2 aromatic rings. The molecule has 21 heavy (non-hydrogen) atoms. The van der Waals surface area contributed by atoms with Crippen molar-refractivity contribution in [3.05, 3.63) is 63.6 Å². The maximum Gasteiger partial charge on any atom is 0.267 e. The second kappa shape index (κ2) is 7.18. The Balaban J connectivity index is 2.23. The summed E-state index contributed by atoms with van der Waals surface area (Å²) in [5, 5.41) is 7.65. The van der Waals surface area contributed by atoms with Crippen molar-refractivity contribution >= 4 is 0 Å². The summed E-state index contributed by atoms with van der Waals surface area (Å²) in [6.45, 7) is 7.48. The number of hydrogen-bond acceptors (Lipinski definition) is 3. The van der Waals surface area contributed by atoms with E-state index in [-0.39, 0.29) is 11.6 Å². The fraction of sp³-hybridized carbons (Fsp3) is 0.412. The third-order valence-electron chi connectivity index (χ3n) is 3.60. The zero-order valence-corrected chi connectivity index (χ0v) is 13.0. The summed E-state index contributed by atoms with van der Waals surface area (Å²) in [5.74, 6) is 0. The number of aromatic nitrogens is 2. The molecule has 4 nitrogen and oxygen atoms in total. The highest BCUT2D eigenvalue weighted by Gasteiger charge is 2.12. The molecule has 0 bridgehead atoms. The average molecular weight is 285 g/mol. The lowest BCUT2D eigenvalue weighted by Gasteiger charge is -2.19. The first-order valence-electron chi connectivity index (χ1n) is 7.50. The minimum Gasteiger partial charge on any atom is -0.309 e. The largest absolute Gasteiger partial charge is 0.309 e. The highest BCUT2D eigenvalue weighted by atomic mass is 16.1. The Hall–Kier alpha value is -1.94. The Morgan fingerprint density at radius 2 is 1.95 bits per heavy atom. The molecule has 0 spiro atoms. The van der Waals surface area contributed by atoms with E-state index in [1.807, 2.05) is 6.92 Å². The molecule has 0 aliphatic heterocycles. The lowest BCUT2D eigenvalue weighted by molar-refractivity contribution is 0.433. The zero-order valence-electron chi connectivity index (χ0n) is 13.0. The maximum atomic E-state index is 12.0. The Bertz CT molecular complexity index is 631. The molecule has 4 heteroatoms. The van der Waals surface area contributed by atoms with Crippen molar-refractivity contribution in [1.82, 2.24) is 15.1 Å². The van der Waals surface area contributed by atoms with E-state index in [2.05, 4.69) is 48.5 Å². The summed E-state index contributed by atoms with van der Waals surface area (Å²) >= 11 is 0. The fourth-order valence-corrected chi connectivity index (χ4v) is 2.35. The highest BCUT2D eigenvalue weighted by Crippen LogP contribution is 2.15. The molecule has 1 aromatic heterocycles. The molecule has 0 saturated heterocycles. The van der Waals surface area contributed by atoms with Crippen LogP contribution < -0.4 is 10.9 Å². The van der Waals surface area contributed by atoms with Gasteiger partial charge in [0.15, 0.2) is 0 Å². The van der Waals surface area contributed by atoms with Crippen LogP contribution in [0.15, 0.2) is 41.3 Å². The quantitative estimate of drug-likeness (QED) is 0.887. The molecule has 1 unspecified atom stereocenters. The van der Waals surface area contributed by atoms with Crippen LogP contribution in [0.25, 0.3) is 0 Å². The second-order valence-electron chi connectivity index (χ2n) is 5.26. The van der Waals surface area contributed by atoms with Crippen LogP contribution in [-0.4, -0.2) is 16.3 Å². The van der Waals surface area contributed by atoms with Crippen molar-refractivity contribution < 1.29 is 0 Å². The first-order valence-corrected chi connectivity index (χ1v) is 7.50. The van der Waals surface area contributed by atoms with Gasteiger partial charge in [0.05, 0.1) is 18.8 Å². The lowest BCUT2D eigenvalue weighted by Crippen LogP contribution is -2.31. The summed E-state index contributed by atoms with van der Waals surface area (Å²) in [4.78, 5) is 12.0. The van der Waals surface area contributed by atoms with Gasteiger partial charge in [0, 0.05) is 6.07 Å². The van der Waals surface area contributed by atoms with E-state index >= 15 is 0 Å². The summed E-state index contributed by atoms with van der Waals surface area (Å²) in [7, 11) is 0. The number of rotatable bonds is 6. The Kier molecular flexibility index (Phi) is 5.28. The van der Waals surface area contributed by atoms with Gasteiger partial charge in [-0.3, -0.25) is 4.79 Å². The van der Waals surface area contributed by atoms with Crippen molar-refractivity contribution in [2.75, 3.05) is 6.54 Å². The van der Waals surface area contributed by atoms with Crippen molar-refractivity contribution in [2.45, 2.75) is 39.8 Å². The number of nitrogens with zero attached hydrogens (tertiary/aromatic N) is 2. The first-order chi connectivity index (χ1) is 10.1. The van der Waals surface area contributed by atoms with Crippen molar-refractivity contribution in [2.24, 2.45) is 0 Å².